The second-order valence-corrected chi connectivity index (χ2v) is 13.3. The average molecular weight is 980 g/mol. The van der Waals surface area contributed by atoms with Gasteiger partial charge in [-0.3, -0.25) is 4.99 Å². The molecule has 6 aliphatic heterocycles. The van der Waals surface area contributed by atoms with Crippen molar-refractivity contribution in [3.8, 4) is 0 Å². The SMILES string of the molecule is CC(O)O.CC(O)O.[Cu+2].[Cu].[Cu].[O-]C(=NC1CCCC(/N=C(\[O-])C2CNCC[N-]2)[N-]1)C1C=NC=C[N-]1.[O-]C(=NC1CCCC(/N=C(\[O-])C2CNCC[N-]2)[N-]1)C1CNCC[N-]1. The molecule has 0 saturated carbocycles. The van der Waals surface area contributed by atoms with Crippen LogP contribution in [0.5, 0.6) is 0 Å². The number of aliphatic hydroxyl groups excluding tert-OH is 2. The largest absolute Gasteiger partial charge is 2.00 e. The van der Waals surface area contributed by atoms with Crippen molar-refractivity contribution in [2.45, 2.75) is 114 Å². The van der Waals surface area contributed by atoms with Gasteiger partial charge in [0.2, 0.25) is 0 Å². The van der Waals surface area contributed by atoms with E-state index in [9.17, 15) is 20.4 Å². The smallest absolute Gasteiger partial charge is 0.863 e. The van der Waals surface area contributed by atoms with Crippen LogP contribution in [0.1, 0.15) is 52.4 Å². The van der Waals surface area contributed by atoms with Crippen molar-refractivity contribution in [3.63, 3.8) is 0 Å². The van der Waals surface area contributed by atoms with Gasteiger partial charge in [0.05, 0.1) is 0 Å². The molecule has 0 aromatic heterocycles. The Morgan fingerprint density at radius 3 is 1.20 bits per heavy atom. The molecule has 59 heavy (non-hydrogen) atoms. The molecule has 0 bridgehead atoms. The van der Waals surface area contributed by atoms with E-state index in [0.717, 1.165) is 45.3 Å². The molecule has 8 unspecified atom stereocenters. The van der Waals surface area contributed by atoms with Crippen molar-refractivity contribution in [2.24, 2.45) is 25.0 Å². The Hall–Kier alpha value is -1.83. The zero-order chi connectivity index (χ0) is 40.7. The maximum absolute atomic E-state index is 12.2. The van der Waals surface area contributed by atoms with E-state index in [2.05, 4.69) is 72.8 Å². The van der Waals surface area contributed by atoms with Crippen molar-refractivity contribution in [1.82, 2.24) is 16.0 Å². The van der Waals surface area contributed by atoms with E-state index in [1.807, 2.05) is 0 Å². The van der Waals surface area contributed by atoms with Crippen molar-refractivity contribution >= 4 is 29.8 Å². The van der Waals surface area contributed by atoms with Crippen molar-refractivity contribution in [3.05, 3.63) is 44.3 Å². The van der Waals surface area contributed by atoms with Gasteiger partial charge in [-0.2, -0.15) is 6.20 Å². The maximum Gasteiger partial charge on any atom is 2.00 e. The van der Waals surface area contributed by atoms with E-state index in [4.69, 9.17) is 20.4 Å². The number of aliphatic hydroxyl groups is 4. The van der Waals surface area contributed by atoms with Crippen molar-refractivity contribution in [1.29, 1.82) is 0 Å². The molecule has 6 heterocycles. The van der Waals surface area contributed by atoms with Gasteiger partial charge in [-0.25, -0.2) is 0 Å². The topological polar surface area (TPSA) is 356 Å². The van der Waals surface area contributed by atoms with Crippen LogP contribution in [0.15, 0.2) is 37.4 Å². The van der Waals surface area contributed by atoms with E-state index in [-0.39, 0.29) is 74.8 Å². The second-order valence-electron chi connectivity index (χ2n) is 13.3. The minimum Gasteiger partial charge on any atom is -0.863 e. The first-order valence-corrected chi connectivity index (χ1v) is 19.0. The van der Waals surface area contributed by atoms with Crippen LogP contribution in [0.2, 0.25) is 0 Å². The predicted octanol–water partition coefficient (Wildman–Crippen LogP) is -3.61. The zero-order valence-corrected chi connectivity index (χ0v) is 35.7. The molecule has 8 atom stereocenters. The summed E-state index contributed by atoms with van der Waals surface area (Å²) in [6.07, 6.45) is 4.89. The van der Waals surface area contributed by atoms with Crippen LogP contribution >= 0.6 is 0 Å². The molecule has 3 radical (unpaired) electrons. The van der Waals surface area contributed by atoms with E-state index in [1.165, 1.54) is 32.5 Å². The molecule has 0 aromatic carbocycles. The fourth-order valence-corrected chi connectivity index (χ4v) is 5.75. The predicted molar refractivity (Wildman–Crippen MR) is 207 cm³/mol. The average Bonchev–Trinajstić information content (AvgIpc) is 3.19. The van der Waals surface area contributed by atoms with Gasteiger partial charge in [-0.1, -0.05) is 60.6 Å². The third-order valence-corrected chi connectivity index (χ3v) is 8.30. The minimum atomic E-state index is -1.17. The summed E-state index contributed by atoms with van der Waals surface area (Å²) in [5.74, 6) is -1.07. The first-order chi connectivity index (χ1) is 26.9. The van der Waals surface area contributed by atoms with Crippen LogP contribution < -0.4 is 36.4 Å². The van der Waals surface area contributed by atoms with Crippen LogP contribution in [0, 0.1) is 0 Å². The number of hydrogen-bond acceptors (Lipinski definition) is 16. The molecule has 25 heteroatoms. The van der Waals surface area contributed by atoms with Crippen LogP contribution in [0.3, 0.4) is 0 Å². The van der Waals surface area contributed by atoms with Gasteiger partial charge in [0.15, 0.2) is 0 Å². The van der Waals surface area contributed by atoms with Gasteiger partial charge in [0.1, 0.15) is 12.6 Å². The zero-order valence-electron chi connectivity index (χ0n) is 32.9. The van der Waals surface area contributed by atoms with Gasteiger partial charge in [-0.15, -0.1) is 19.6 Å². The summed E-state index contributed by atoms with van der Waals surface area (Å²) in [5, 5.41) is 114. The fourth-order valence-electron chi connectivity index (χ4n) is 5.75. The maximum atomic E-state index is 12.2. The summed E-state index contributed by atoms with van der Waals surface area (Å²) in [6.45, 7) is 8.47. The number of hydrogen-bond donors (Lipinski definition) is 7. The van der Waals surface area contributed by atoms with E-state index < -0.39 is 61.4 Å². The third-order valence-electron chi connectivity index (χ3n) is 8.30. The minimum absolute atomic E-state index is 0. The van der Waals surface area contributed by atoms with Crippen molar-refractivity contribution in [2.75, 3.05) is 58.9 Å². The first kappa shape index (κ1) is 57.2. The molecule has 0 aromatic rings. The second kappa shape index (κ2) is 32.8. The van der Waals surface area contributed by atoms with Gasteiger partial charge >= 0.3 is 17.1 Å². The normalized spacial score (nSPS) is 30.2. The summed E-state index contributed by atoms with van der Waals surface area (Å²) >= 11 is 0. The van der Waals surface area contributed by atoms with E-state index in [0.29, 0.717) is 52.1 Å². The third kappa shape index (κ3) is 24.4. The van der Waals surface area contributed by atoms with E-state index >= 15 is 0 Å². The fraction of sp³-hybridized carbons (Fsp3) is 0.794. The Bertz CT molecular complexity index is 1250. The molecule has 6 aliphatic rings. The summed E-state index contributed by atoms with van der Waals surface area (Å²) in [5.41, 5.74) is 0. The summed E-state index contributed by atoms with van der Waals surface area (Å²) in [7, 11) is 0. The van der Waals surface area contributed by atoms with Crippen molar-refractivity contribution < 1.29 is 92.1 Å². The molecule has 5 saturated heterocycles. The van der Waals surface area contributed by atoms with Gasteiger partial charge in [0, 0.05) is 40.3 Å². The quantitative estimate of drug-likeness (QED) is 0.0539. The molecule has 0 aliphatic carbocycles. The monoisotopic (exact) mass is 977 g/mol. The molecule has 6 rings (SSSR count). The Balaban J connectivity index is 0.000000925. The molecule has 351 valence electrons. The summed E-state index contributed by atoms with van der Waals surface area (Å²) in [4.78, 5) is 20.5. The van der Waals surface area contributed by atoms with Crippen LogP contribution in [-0.2, 0) is 51.2 Å². The molecule has 0 spiro atoms. The van der Waals surface area contributed by atoms with Gasteiger partial charge in [-0.05, 0) is 110 Å². The van der Waals surface area contributed by atoms with E-state index in [1.54, 1.807) is 0 Å². The first-order valence-electron chi connectivity index (χ1n) is 19.0. The molecular weight excluding hydrogens is 923 g/mol. The van der Waals surface area contributed by atoms with Crippen LogP contribution in [-0.4, -0.2) is 171 Å². The summed E-state index contributed by atoms with van der Waals surface area (Å²) in [6, 6.07) is -1.90. The molecule has 5 fully saturated rings. The number of aliphatic imine (C=N–C) groups is 5. The Morgan fingerprint density at radius 1 is 0.610 bits per heavy atom. The molecular formula is C34H56Cu3N14O8-8. The standard InChI is InChI=1S/C15H26N7O2.C15H22N7O2.2C2H6O2.3Cu/c2*23-14(10-8-16-4-6-18-10)21-12-2-1-3-13(20-12)22-15(24)11-9-17-5-7-19-11;2*1-2(3)4;;;/h10-13,16-17H,1-9H2,(H,21,23)(H,22,24);4,6,8,10-13,17H,1-3,5,7,9H2,(H,21,23)(H,22,24);2*2-4H,1H3;;;/q2*-3;;;;;+2/p-4. The Labute approximate surface area is 378 Å². The van der Waals surface area contributed by atoms with Crippen LogP contribution in [0.25, 0.3) is 31.9 Å². The Kier molecular flexibility index (Phi) is 31.8. The van der Waals surface area contributed by atoms with Gasteiger partial charge < -0.3 is 109 Å². The number of piperazine rings is 3. The van der Waals surface area contributed by atoms with Crippen LogP contribution in [0.4, 0.5) is 0 Å². The molecule has 22 nitrogen and oxygen atoms in total. The number of piperidine rings is 2. The Morgan fingerprint density at radius 2 is 0.932 bits per heavy atom. The number of nitrogens with one attached hydrogen (secondary N) is 3. The summed E-state index contributed by atoms with van der Waals surface area (Å²) < 4.78 is 0. The number of rotatable bonds is 8. The number of nitrogens with zero attached hydrogens (tertiary/aromatic N) is 11. The molecule has 7 N–H and O–H groups in total. The van der Waals surface area contributed by atoms with Gasteiger partial charge in [0.25, 0.3) is 0 Å². The molecule has 0 amide bonds.